The molecular formula is C20H17N3O2. The molecule has 0 saturated heterocycles. The van der Waals surface area contributed by atoms with Gasteiger partial charge in [-0.2, -0.15) is 0 Å². The zero-order chi connectivity index (χ0) is 17.4. The number of rotatable bonds is 3. The van der Waals surface area contributed by atoms with Gasteiger partial charge in [-0.3, -0.25) is 9.59 Å². The molecule has 1 heterocycles. The lowest BCUT2D eigenvalue weighted by Crippen LogP contribution is -2.49. The molecule has 3 aromatic rings. The molecule has 124 valence electrons. The Bertz CT molecular complexity index is 978. The lowest BCUT2D eigenvalue weighted by atomic mass is 9.98. The summed E-state index contributed by atoms with van der Waals surface area (Å²) >= 11 is 0. The Hall–Kier alpha value is -3.34. The Morgan fingerprint density at radius 1 is 1.00 bits per heavy atom. The molecule has 1 aliphatic rings. The minimum Gasteiger partial charge on any atom is -0.368 e. The van der Waals surface area contributed by atoms with Crippen LogP contribution in [0.2, 0.25) is 0 Å². The highest BCUT2D eigenvalue weighted by atomic mass is 16.2. The molecule has 0 unspecified atom stereocenters. The summed E-state index contributed by atoms with van der Waals surface area (Å²) in [5.41, 5.74) is 7.66. The number of amides is 2. The first kappa shape index (κ1) is 15.2. The highest BCUT2D eigenvalue weighted by Crippen LogP contribution is 2.35. The van der Waals surface area contributed by atoms with E-state index >= 15 is 0 Å². The van der Waals surface area contributed by atoms with Crippen molar-refractivity contribution in [3.8, 4) is 0 Å². The first-order valence-corrected chi connectivity index (χ1v) is 8.07. The largest absolute Gasteiger partial charge is 0.368 e. The minimum atomic E-state index is -0.457. The Labute approximate surface area is 145 Å². The zero-order valence-corrected chi connectivity index (χ0v) is 13.5. The number of nitrogens with one attached hydrogen (secondary N) is 1. The van der Waals surface area contributed by atoms with Crippen LogP contribution in [0.1, 0.15) is 22.1 Å². The average Bonchev–Trinajstić information content (AvgIpc) is 2.63. The van der Waals surface area contributed by atoms with Gasteiger partial charge in [-0.05, 0) is 22.9 Å². The molecule has 0 fully saturated rings. The molecule has 0 aromatic heterocycles. The van der Waals surface area contributed by atoms with Gasteiger partial charge in [-0.15, -0.1) is 0 Å². The molecule has 5 nitrogen and oxygen atoms in total. The molecule has 1 aliphatic heterocycles. The summed E-state index contributed by atoms with van der Waals surface area (Å²) in [5.74, 6) is -0.606. The first-order valence-electron chi connectivity index (χ1n) is 8.07. The van der Waals surface area contributed by atoms with Crippen LogP contribution in [0.3, 0.4) is 0 Å². The van der Waals surface area contributed by atoms with Gasteiger partial charge in [0.2, 0.25) is 5.91 Å². The molecule has 0 bridgehead atoms. The molecule has 2 amide bonds. The van der Waals surface area contributed by atoms with Crippen molar-refractivity contribution < 1.29 is 9.59 Å². The van der Waals surface area contributed by atoms with Gasteiger partial charge in [0, 0.05) is 5.56 Å². The van der Waals surface area contributed by atoms with Crippen molar-refractivity contribution in [3.63, 3.8) is 0 Å². The van der Waals surface area contributed by atoms with E-state index in [0.717, 1.165) is 16.3 Å². The van der Waals surface area contributed by atoms with Crippen molar-refractivity contribution in [2.24, 2.45) is 5.73 Å². The smallest absolute Gasteiger partial charge is 0.255 e. The van der Waals surface area contributed by atoms with Crippen LogP contribution < -0.4 is 16.0 Å². The number of nitrogens with zero attached hydrogens (tertiary/aromatic N) is 1. The van der Waals surface area contributed by atoms with Crippen molar-refractivity contribution in [1.82, 2.24) is 5.32 Å². The standard InChI is InChI=1S/C20H17N3O2/c21-18(24)12-23-17-11-4-3-9-16(17)20(25)22-19(23)15-10-5-7-13-6-1-2-8-14(13)15/h1-11,19H,12H2,(H2,21,24)(H,22,25)/t19-/m0/s1. The van der Waals surface area contributed by atoms with Gasteiger partial charge in [0.15, 0.2) is 0 Å². The summed E-state index contributed by atoms with van der Waals surface area (Å²) in [6.07, 6.45) is -0.457. The number of hydrogen-bond donors (Lipinski definition) is 2. The van der Waals surface area contributed by atoms with Crippen molar-refractivity contribution in [2.75, 3.05) is 11.4 Å². The van der Waals surface area contributed by atoms with Gasteiger partial charge in [-0.1, -0.05) is 54.6 Å². The molecule has 3 N–H and O–H groups in total. The van der Waals surface area contributed by atoms with Crippen LogP contribution in [0.5, 0.6) is 0 Å². The number of fused-ring (bicyclic) bond motifs is 2. The SMILES string of the molecule is NC(=O)CN1c2ccccc2C(=O)N[C@@H]1c1cccc2ccccc12. The van der Waals surface area contributed by atoms with E-state index in [1.807, 2.05) is 59.5 Å². The molecule has 1 atom stereocenters. The van der Waals surface area contributed by atoms with E-state index in [1.54, 1.807) is 12.1 Å². The second-order valence-corrected chi connectivity index (χ2v) is 6.06. The topological polar surface area (TPSA) is 75.4 Å². The van der Waals surface area contributed by atoms with Crippen molar-refractivity contribution in [3.05, 3.63) is 77.9 Å². The van der Waals surface area contributed by atoms with Crippen LogP contribution in [0.4, 0.5) is 5.69 Å². The molecule has 3 aromatic carbocycles. The van der Waals surface area contributed by atoms with E-state index in [2.05, 4.69) is 5.32 Å². The second-order valence-electron chi connectivity index (χ2n) is 6.06. The summed E-state index contributed by atoms with van der Waals surface area (Å²) in [4.78, 5) is 26.1. The van der Waals surface area contributed by atoms with E-state index in [1.165, 1.54) is 0 Å². The van der Waals surface area contributed by atoms with Gasteiger partial charge in [-0.25, -0.2) is 0 Å². The molecule has 0 aliphatic carbocycles. The number of carbonyl (C=O) groups excluding carboxylic acids is 2. The molecule has 4 rings (SSSR count). The van der Waals surface area contributed by atoms with Crippen LogP contribution in [-0.2, 0) is 4.79 Å². The maximum atomic E-state index is 12.6. The molecule has 25 heavy (non-hydrogen) atoms. The fourth-order valence-electron chi connectivity index (χ4n) is 3.41. The van der Waals surface area contributed by atoms with Crippen molar-refractivity contribution >= 4 is 28.3 Å². The predicted molar refractivity (Wildman–Crippen MR) is 97.1 cm³/mol. The van der Waals surface area contributed by atoms with E-state index in [4.69, 9.17) is 5.73 Å². The van der Waals surface area contributed by atoms with Crippen molar-refractivity contribution in [2.45, 2.75) is 6.17 Å². The molecular weight excluding hydrogens is 314 g/mol. The van der Waals surface area contributed by atoms with Gasteiger partial charge in [0.25, 0.3) is 5.91 Å². The molecule has 0 radical (unpaired) electrons. The number of carbonyl (C=O) groups is 2. The number of benzene rings is 3. The van der Waals surface area contributed by atoms with E-state index in [0.29, 0.717) is 11.3 Å². The van der Waals surface area contributed by atoms with Crippen LogP contribution in [0.25, 0.3) is 10.8 Å². The quantitative estimate of drug-likeness (QED) is 0.774. The summed E-state index contributed by atoms with van der Waals surface area (Å²) in [5, 5.41) is 5.12. The summed E-state index contributed by atoms with van der Waals surface area (Å²) in [6, 6.07) is 21.2. The van der Waals surface area contributed by atoms with Gasteiger partial charge in [0.05, 0.1) is 17.8 Å². The van der Waals surface area contributed by atoms with Crippen LogP contribution >= 0.6 is 0 Å². The lowest BCUT2D eigenvalue weighted by Gasteiger charge is -2.39. The summed E-state index contributed by atoms with van der Waals surface area (Å²) in [6.45, 7) is 0.0190. The number of hydrogen-bond acceptors (Lipinski definition) is 3. The monoisotopic (exact) mass is 331 g/mol. The summed E-state index contributed by atoms with van der Waals surface area (Å²) in [7, 11) is 0. The maximum absolute atomic E-state index is 12.6. The normalized spacial score (nSPS) is 16.4. The Morgan fingerprint density at radius 3 is 2.56 bits per heavy atom. The van der Waals surface area contributed by atoms with Crippen LogP contribution in [0, 0.1) is 0 Å². The lowest BCUT2D eigenvalue weighted by molar-refractivity contribution is -0.116. The zero-order valence-electron chi connectivity index (χ0n) is 13.5. The van der Waals surface area contributed by atoms with Gasteiger partial charge < -0.3 is 16.0 Å². The van der Waals surface area contributed by atoms with E-state index in [9.17, 15) is 9.59 Å². The van der Waals surface area contributed by atoms with Gasteiger partial charge >= 0.3 is 0 Å². The first-order chi connectivity index (χ1) is 12.1. The number of primary amides is 1. The maximum Gasteiger partial charge on any atom is 0.255 e. The number of nitrogens with two attached hydrogens (primary N) is 1. The highest BCUT2D eigenvalue weighted by Gasteiger charge is 2.33. The fourth-order valence-corrected chi connectivity index (χ4v) is 3.41. The predicted octanol–water partition coefficient (Wildman–Crippen LogP) is 2.57. The van der Waals surface area contributed by atoms with Gasteiger partial charge in [0.1, 0.15) is 6.17 Å². The Kier molecular flexibility index (Phi) is 3.61. The van der Waals surface area contributed by atoms with E-state index < -0.39 is 12.1 Å². The summed E-state index contributed by atoms with van der Waals surface area (Å²) < 4.78 is 0. The van der Waals surface area contributed by atoms with Crippen LogP contribution in [0.15, 0.2) is 66.7 Å². The molecule has 0 saturated carbocycles. The third-order valence-electron chi connectivity index (χ3n) is 4.48. The Morgan fingerprint density at radius 2 is 1.72 bits per heavy atom. The third kappa shape index (κ3) is 2.59. The third-order valence-corrected chi connectivity index (χ3v) is 4.48. The second kappa shape index (κ2) is 5.94. The fraction of sp³-hybridized carbons (Fsp3) is 0.100. The van der Waals surface area contributed by atoms with E-state index in [-0.39, 0.29) is 12.5 Å². The molecule has 0 spiro atoms. The average molecular weight is 331 g/mol. The minimum absolute atomic E-state index is 0.0190. The number of anilines is 1. The highest BCUT2D eigenvalue weighted by molar-refractivity contribution is 6.03. The number of para-hydroxylation sites is 1. The van der Waals surface area contributed by atoms with Crippen molar-refractivity contribution in [1.29, 1.82) is 0 Å². The van der Waals surface area contributed by atoms with Crippen LogP contribution in [-0.4, -0.2) is 18.4 Å². The molecule has 5 heteroatoms. The Balaban J connectivity index is 1.90.